The van der Waals surface area contributed by atoms with Gasteiger partial charge < -0.3 is 10.1 Å². The van der Waals surface area contributed by atoms with Gasteiger partial charge in [0, 0.05) is 16.6 Å². The highest BCUT2D eigenvalue weighted by molar-refractivity contribution is 9.10. The van der Waals surface area contributed by atoms with E-state index in [0.717, 1.165) is 35.4 Å². The first-order chi connectivity index (χ1) is 9.76. The molecule has 1 heterocycles. The Morgan fingerprint density at radius 2 is 2.15 bits per heavy atom. The summed E-state index contributed by atoms with van der Waals surface area (Å²) < 4.78 is 6.67. The quantitative estimate of drug-likeness (QED) is 0.856. The lowest BCUT2D eigenvalue weighted by Gasteiger charge is -2.19. The molecule has 0 saturated heterocycles. The number of hydrogen-bond acceptors (Lipinski definition) is 2. The molecule has 0 radical (unpaired) electrons. The molecule has 0 amide bonds. The molecule has 1 unspecified atom stereocenters. The SMILES string of the molecule is CCC(Nc1cccc(Br)c1)c1ccc2c(c1)CCO2. The van der Waals surface area contributed by atoms with Gasteiger partial charge >= 0.3 is 0 Å². The van der Waals surface area contributed by atoms with Crippen LogP contribution in [0.3, 0.4) is 0 Å². The summed E-state index contributed by atoms with van der Waals surface area (Å²) >= 11 is 3.51. The number of rotatable bonds is 4. The van der Waals surface area contributed by atoms with Crippen LogP contribution in [0, 0.1) is 0 Å². The fraction of sp³-hybridized carbons (Fsp3) is 0.294. The van der Waals surface area contributed by atoms with E-state index in [-0.39, 0.29) is 0 Å². The van der Waals surface area contributed by atoms with Gasteiger partial charge in [-0.05, 0) is 47.9 Å². The monoisotopic (exact) mass is 331 g/mol. The van der Waals surface area contributed by atoms with Gasteiger partial charge in [-0.2, -0.15) is 0 Å². The minimum absolute atomic E-state index is 0.329. The number of hydrogen-bond donors (Lipinski definition) is 1. The van der Waals surface area contributed by atoms with Gasteiger partial charge in [-0.3, -0.25) is 0 Å². The molecule has 2 nitrogen and oxygen atoms in total. The predicted octanol–water partition coefficient (Wildman–Crippen LogP) is 4.95. The zero-order chi connectivity index (χ0) is 13.9. The Morgan fingerprint density at radius 1 is 1.25 bits per heavy atom. The Labute approximate surface area is 128 Å². The average Bonchev–Trinajstić information content (AvgIpc) is 2.92. The second-order valence-electron chi connectivity index (χ2n) is 5.08. The van der Waals surface area contributed by atoms with Crippen LogP contribution >= 0.6 is 15.9 Å². The molecule has 0 spiro atoms. The van der Waals surface area contributed by atoms with Gasteiger partial charge in [-0.25, -0.2) is 0 Å². The van der Waals surface area contributed by atoms with Gasteiger partial charge in [0.05, 0.1) is 12.6 Å². The normalized spacial score (nSPS) is 14.5. The van der Waals surface area contributed by atoms with Gasteiger partial charge in [0.25, 0.3) is 0 Å². The van der Waals surface area contributed by atoms with Crippen molar-refractivity contribution in [1.29, 1.82) is 0 Å². The van der Waals surface area contributed by atoms with Crippen molar-refractivity contribution in [2.24, 2.45) is 0 Å². The maximum atomic E-state index is 5.57. The summed E-state index contributed by atoms with van der Waals surface area (Å²) in [6.45, 7) is 3.02. The van der Waals surface area contributed by atoms with Crippen molar-refractivity contribution in [3.63, 3.8) is 0 Å². The molecule has 3 rings (SSSR count). The maximum absolute atomic E-state index is 5.57. The van der Waals surface area contributed by atoms with Crippen LogP contribution in [-0.4, -0.2) is 6.61 Å². The first-order valence-corrected chi connectivity index (χ1v) is 7.83. The smallest absolute Gasteiger partial charge is 0.122 e. The summed E-state index contributed by atoms with van der Waals surface area (Å²) in [5, 5.41) is 3.61. The Balaban J connectivity index is 1.83. The molecule has 2 aromatic carbocycles. The van der Waals surface area contributed by atoms with E-state index in [2.05, 4.69) is 64.6 Å². The third kappa shape index (κ3) is 2.83. The standard InChI is InChI=1S/C17H18BrNO/c1-2-16(19-15-5-3-4-14(18)11-15)12-6-7-17-13(10-12)8-9-20-17/h3-7,10-11,16,19H,2,8-9H2,1H3. The van der Waals surface area contributed by atoms with E-state index < -0.39 is 0 Å². The van der Waals surface area contributed by atoms with Gasteiger partial charge in [0.15, 0.2) is 0 Å². The lowest BCUT2D eigenvalue weighted by Crippen LogP contribution is -2.09. The van der Waals surface area contributed by atoms with Crippen molar-refractivity contribution in [3.8, 4) is 5.75 Å². The highest BCUT2D eigenvalue weighted by atomic mass is 79.9. The molecule has 0 saturated carbocycles. The summed E-state index contributed by atoms with van der Waals surface area (Å²) in [7, 11) is 0. The second-order valence-corrected chi connectivity index (χ2v) is 6.00. The summed E-state index contributed by atoms with van der Waals surface area (Å²) in [4.78, 5) is 0. The zero-order valence-corrected chi connectivity index (χ0v) is 13.1. The molecule has 1 N–H and O–H groups in total. The number of anilines is 1. The minimum Gasteiger partial charge on any atom is -0.493 e. The van der Waals surface area contributed by atoms with Crippen LogP contribution in [0.5, 0.6) is 5.75 Å². The molecule has 0 aromatic heterocycles. The van der Waals surface area contributed by atoms with Gasteiger partial charge in [0.2, 0.25) is 0 Å². The van der Waals surface area contributed by atoms with Crippen LogP contribution in [-0.2, 0) is 6.42 Å². The minimum atomic E-state index is 0.329. The number of halogens is 1. The Hall–Kier alpha value is -1.48. The lowest BCUT2D eigenvalue weighted by molar-refractivity contribution is 0.357. The third-order valence-electron chi connectivity index (χ3n) is 3.69. The summed E-state index contributed by atoms with van der Waals surface area (Å²) in [6.07, 6.45) is 2.07. The topological polar surface area (TPSA) is 21.3 Å². The number of fused-ring (bicyclic) bond motifs is 1. The maximum Gasteiger partial charge on any atom is 0.122 e. The molecular formula is C17H18BrNO. The molecular weight excluding hydrogens is 314 g/mol. The van der Waals surface area contributed by atoms with E-state index in [1.807, 2.05) is 6.07 Å². The van der Waals surface area contributed by atoms with Gasteiger partial charge in [0.1, 0.15) is 5.75 Å². The molecule has 104 valence electrons. The Kier molecular flexibility index (Phi) is 3.97. The van der Waals surface area contributed by atoms with E-state index in [9.17, 15) is 0 Å². The first-order valence-electron chi connectivity index (χ1n) is 7.04. The number of benzene rings is 2. The molecule has 2 aromatic rings. The van der Waals surface area contributed by atoms with Crippen LogP contribution in [0.15, 0.2) is 46.9 Å². The number of nitrogens with one attached hydrogen (secondary N) is 1. The fourth-order valence-corrected chi connectivity index (χ4v) is 3.02. The highest BCUT2D eigenvalue weighted by Gasteiger charge is 2.16. The van der Waals surface area contributed by atoms with Crippen LogP contribution in [0.2, 0.25) is 0 Å². The van der Waals surface area contributed by atoms with Crippen LogP contribution in [0.25, 0.3) is 0 Å². The van der Waals surface area contributed by atoms with E-state index in [1.165, 1.54) is 11.1 Å². The summed E-state index contributed by atoms with van der Waals surface area (Å²) in [5.41, 5.74) is 3.80. The average molecular weight is 332 g/mol. The second kappa shape index (κ2) is 5.88. The van der Waals surface area contributed by atoms with Gasteiger partial charge in [-0.15, -0.1) is 0 Å². The summed E-state index contributed by atoms with van der Waals surface area (Å²) in [6, 6.07) is 15.2. The fourth-order valence-electron chi connectivity index (χ4n) is 2.62. The molecule has 1 aliphatic heterocycles. The largest absolute Gasteiger partial charge is 0.493 e. The van der Waals surface area contributed by atoms with E-state index in [1.54, 1.807) is 0 Å². The Morgan fingerprint density at radius 3 is 2.95 bits per heavy atom. The van der Waals surface area contributed by atoms with Crippen molar-refractivity contribution in [2.75, 3.05) is 11.9 Å². The molecule has 1 aliphatic rings. The van der Waals surface area contributed by atoms with Crippen molar-refractivity contribution in [3.05, 3.63) is 58.1 Å². The molecule has 0 bridgehead atoms. The van der Waals surface area contributed by atoms with E-state index in [4.69, 9.17) is 4.74 Å². The molecule has 1 atom stereocenters. The first kappa shape index (κ1) is 13.5. The highest BCUT2D eigenvalue weighted by Crippen LogP contribution is 2.31. The molecule has 0 fully saturated rings. The third-order valence-corrected chi connectivity index (χ3v) is 4.18. The summed E-state index contributed by atoms with van der Waals surface area (Å²) in [5.74, 6) is 1.05. The van der Waals surface area contributed by atoms with E-state index in [0.29, 0.717) is 6.04 Å². The zero-order valence-electron chi connectivity index (χ0n) is 11.5. The van der Waals surface area contributed by atoms with Crippen LogP contribution < -0.4 is 10.1 Å². The molecule has 20 heavy (non-hydrogen) atoms. The number of ether oxygens (including phenoxy) is 1. The van der Waals surface area contributed by atoms with Crippen molar-refractivity contribution in [2.45, 2.75) is 25.8 Å². The van der Waals surface area contributed by atoms with Crippen molar-refractivity contribution in [1.82, 2.24) is 0 Å². The Bertz CT molecular complexity index is 612. The van der Waals surface area contributed by atoms with Crippen LogP contribution in [0.1, 0.15) is 30.5 Å². The molecule has 3 heteroatoms. The van der Waals surface area contributed by atoms with Crippen molar-refractivity contribution < 1.29 is 4.74 Å². The predicted molar refractivity (Wildman–Crippen MR) is 86.4 cm³/mol. The van der Waals surface area contributed by atoms with E-state index >= 15 is 0 Å². The van der Waals surface area contributed by atoms with Gasteiger partial charge in [-0.1, -0.05) is 35.0 Å². The lowest BCUT2D eigenvalue weighted by atomic mass is 10.0. The molecule has 0 aliphatic carbocycles. The van der Waals surface area contributed by atoms with Crippen molar-refractivity contribution >= 4 is 21.6 Å². The van der Waals surface area contributed by atoms with Crippen LogP contribution in [0.4, 0.5) is 5.69 Å².